The summed E-state index contributed by atoms with van der Waals surface area (Å²) in [6.07, 6.45) is 3.04. The zero-order chi connectivity index (χ0) is 23.7. The molecule has 0 unspecified atom stereocenters. The number of hydrogen-bond donors (Lipinski definition) is 4. The normalized spacial score (nSPS) is 12.1. The molecule has 0 aliphatic heterocycles. The number of aliphatic hydroxyl groups is 1. The summed E-state index contributed by atoms with van der Waals surface area (Å²) in [4.78, 5) is 29.3. The highest BCUT2D eigenvalue weighted by atomic mass is 16.5. The fraction of sp³-hybridized carbons (Fsp3) is 0.182. The van der Waals surface area contributed by atoms with Gasteiger partial charge < -0.3 is 20.3 Å². The molecule has 4 heterocycles. The van der Waals surface area contributed by atoms with Crippen molar-refractivity contribution in [1.29, 1.82) is 0 Å². The quantitative estimate of drug-likeness (QED) is 0.284. The van der Waals surface area contributed by atoms with Gasteiger partial charge in [-0.3, -0.25) is 14.6 Å². The molecule has 4 aromatic heterocycles. The first kappa shape index (κ1) is 21.3. The number of nitrogens with zero attached hydrogens (tertiary/aromatic N) is 6. The van der Waals surface area contributed by atoms with E-state index in [1.807, 2.05) is 30.3 Å². The van der Waals surface area contributed by atoms with Gasteiger partial charge in [-0.25, -0.2) is 9.97 Å². The summed E-state index contributed by atoms with van der Waals surface area (Å²) in [7, 11) is 1.70. The molecule has 0 spiro atoms. The molecule has 34 heavy (non-hydrogen) atoms. The van der Waals surface area contributed by atoms with Gasteiger partial charge in [0.15, 0.2) is 11.5 Å². The van der Waals surface area contributed by atoms with Crippen molar-refractivity contribution in [3.8, 4) is 11.5 Å². The number of aromatic nitrogens is 7. The van der Waals surface area contributed by atoms with Crippen LogP contribution in [0.2, 0.25) is 0 Å². The molecule has 0 aliphatic carbocycles. The Hall–Kier alpha value is -4.58. The second-order valence-electron chi connectivity index (χ2n) is 7.61. The van der Waals surface area contributed by atoms with Crippen LogP contribution in [-0.4, -0.2) is 46.6 Å². The second kappa shape index (κ2) is 8.75. The third-order valence-electron chi connectivity index (χ3n) is 5.22. The van der Waals surface area contributed by atoms with E-state index in [0.29, 0.717) is 39.8 Å². The molecule has 0 saturated heterocycles. The lowest BCUT2D eigenvalue weighted by Gasteiger charge is -2.20. The Balaban J connectivity index is 1.52. The number of rotatable bonds is 7. The minimum atomic E-state index is -0.388. The Morgan fingerprint density at radius 2 is 2.00 bits per heavy atom. The predicted octanol–water partition coefficient (Wildman–Crippen LogP) is 2.30. The van der Waals surface area contributed by atoms with Gasteiger partial charge in [0, 0.05) is 25.5 Å². The maximum Gasteiger partial charge on any atom is 0.275 e. The molecular weight excluding hydrogens is 438 g/mol. The summed E-state index contributed by atoms with van der Waals surface area (Å²) in [5.41, 5.74) is 2.29. The molecule has 0 amide bonds. The Labute approximate surface area is 192 Å². The molecule has 172 valence electrons. The lowest BCUT2D eigenvalue weighted by atomic mass is 10.1. The Bertz CT molecular complexity index is 1510. The molecule has 1 aromatic carbocycles. The summed E-state index contributed by atoms with van der Waals surface area (Å²) in [5.74, 6) is 1.49. The smallest absolute Gasteiger partial charge is 0.275 e. The summed E-state index contributed by atoms with van der Waals surface area (Å²) >= 11 is 0. The molecule has 0 radical (unpaired) electrons. The predicted molar refractivity (Wildman–Crippen MR) is 125 cm³/mol. The molecule has 0 fully saturated rings. The highest BCUT2D eigenvalue weighted by molar-refractivity contribution is 5.77. The van der Waals surface area contributed by atoms with Gasteiger partial charge in [0.1, 0.15) is 11.2 Å². The number of anilines is 3. The van der Waals surface area contributed by atoms with Gasteiger partial charge in [-0.1, -0.05) is 35.5 Å². The van der Waals surface area contributed by atoms with Crippen LogP contribution >= 0.6 is 0 Å². The van der Waals surface area contributed by atoms with E-state index in [1.54, 1.807) is 26.2 Å². The van der Waals surface area contributed by atoms with E-state index in [4.69, 9.17) is 4.52 Å². The second-order valence-corrected chi connectivity index (χ2v) is 7.61. The van der Waals surface area contributed by atoms with Gasteiger partial charge in [-0.05, 0) is 12.5 Å². The average molecular weight is 459 g/mol. The van der Waals surface area contributed by atoms with Crippen molar-refractivity contribution in [3.05, 3.63) is 70.5 Å². The molecule has 0 saturated carbocycles. The van der Waals surface area contributed by atoms with Crippen molar-refractivity contribution < 1.29 is 9.63 Å². The number of hydrogen-bond acceptors (Lipinski definition) is 10. The number of benzene rings is 1. The topological polar surface area (TPSA) is 160 Å². The molecule has 12 nitrogen and oxygen atoms in total. The molecule has 5 aromatic rings. The van der Waals surface area contributed by atoms with Crippen molar-refractivity contribution in [1.82, 2.24) is 34.9 Å². The largest absolute Gasteiger partial charge is 0.394 e. The molecule has 0 bridgehead atoms. The first-order chi connectivity index (χ1) is 16.5. The number of nitrogens with one attached hydrogen (secondary N) is 3. The zero-order valence-corrected chi connectivity index (χ0v) is 18.4. The number of aromatic amines is 1. The van der Waals surface area contributed by atoms with Gasteiger partial charge in [-0.15, -0.1) is 0 Å². The molecule has 5 rings (SSSR count). The lowest BCUT2D eigenvalue weighted by Crippen LogP contribution is -2.15. The van der Waals surface area contributed by atoms with Gasteiger partial charge in [0.2, 0.25) is 5.95 Å². The van der Waals surface area contributed by atoms with Crippen molar-refractivity contribution in [2.24, 2.45) is 7.05 Å². The van der Waals surface area contributed by atoms with E-state index in [9.17, 15) is 9.90 Å². The summed E-state index contributed by atoms with van der Waals surface area (Å²) in [6, 6.07) is 10.9. The highest BCUT2D eigenvalue weighted by Crippen LogP contribution is 2.31. The first-order valence-electron chi connectivity index (χ1n) is 10.4. The summed E-state index contributed by atoms with van der Waals surface area (Å²) in [5, 5.41) is 23.3. The van der Waals surface area contributed by atoms with Crippen molar-refractivity contribution >= 4 is 28.5 Å². The van der Waals surface area contributed by atoms with Gasteiger partial charge in [-0.2, -0.15) is 9.97 Å². The molecule has 4 N–H and O–H groups in total. The fourth-order valence-corrected chi connectivity index (χ4v) is 3.56. The van der Waals surface area contributed by atoms with Crippen LogP contribution in [0.3, 0.4) is 0 Å². The SMILES string of the molecule is Cc1noc(-c2cnc(Nc3ncc4c(=O)[nH]n(C)c4n3)cc2N[C@H](CO)c2ccccc2)n1. The maximum atomic E-state index is 11.9. The van der Waals surface area contributed by atoms with Crippen LogP contribution in [-0.2, 0) is 7.05 Å². The first-order valence-corrected chi connectivity index (χ1v) is 10.4. The third kappa shape index (κ3) is 4.09. The monoisotopic (exact) mass is 459 g/mol. The molecule has 1 atom stereocenters. The third-order valence-corrected chi connectivity index (χ3v) is 5.22. The Morgan fingerprint density at radius 3 is 2.74 bits per heavy atom. The Morgan fingerprint density at radius 1 is 1.18 bits per heavy atom. The number of aliphatic hydroxyl groups excluding tert-OH is 1. The van der Waals surface area contributed by atoms with E-state index in [1.165, 1.54) is 10.9 Å². The van der Waals surface area contributed by atoms with Crippen LogP contribution in [0.4, 0.5) is 17.5 Å². The maximum absolute atomic E-state index is 11.9. The highest BCUT2D eigenvalue weighted by Gasteiger charge is 2.18. The van der Waals surface area contributed by atoms with E-state index >= 15 is 0 Å². The van der Waals surface area contributed by atoms with Crippen LogP contribution in [0.1, 0.15) is 17.4 Å². The van der Waals surface area contributed by atoms with Crippen LogP contribution in [0.5, 0.6) is 0 Å². The number of H-pyrrole nitrogens is 1. The Kier molecular flexibility index (Phi) is 5.47. The van der Waals surface area contributed by atoms with Gasteiger partial charge in [0.25, 0.3) is 11.4 Å². The lowest BCUT2D eigenvalue weighted by molar-refractivity contribution is 0.276. The number of aryl methyl sites for hydroxylation is 2. The summed E-state index contributed by atoms with van der Waals surface area (Å²) < 4.78 is 6.87. The van der Waals surface area contributed by atoms with E-state index < -0.39 is 0 Å². The van der Waals surface area contributed by atoms with Crippen molar-refractivity contribution in [2.75, 3.05) is 17.2 Å². The number of fused-ring (bicyclic) bond motifs is 1. The van der Waals surface area contributed by atoms with Crippen LogP contribution in [0.15, 0.2) is 58.1 Å². The fourth-order valence-electron chi connectivity index (χ4n) is 3.56. The zero-order valence-electron chi connectivity index (χ0n) is 18.4. The molecule has 0 aliphatic rings. The van der Waals surface area contributed by atoms with E-state index in [-0.39, 0.29) is 24.2 Å². The summed E-state index contributed by atoms with van der Waals surface area (Å²) in [6.45, 7) is 1.59. The van der Waals surface area contributed by atoms with Gasteiger partial charge >= 0.3 is 0 Å². The van der Waals surface area contributed by atoms with Crippen LogP contribution in [0.25, 0.3) is 22.5 Å². The average Bonchev–Trinajstić information content (AvgIpc) is 3.40. The molecular formula is C22H21N9O3. The van der Waals surface area contributed by atoms with Crippen LogP contribution < -0.4 is 16.2 Å². The van der Waals surface area contributed by atoms with E-state index in [2.05, 4.69) is 40.8 Å². The van der Waals surface area contributed by atoms with Crippen molar-refractivity contribution in [3.63, 3.8) is 0 Å². The number of pyridine rings is 1. The minimum Gasteiger partial charge on any atom is -0.394 e. The van der Waals surface area contributed by atoms with Crippen LogP contribution in [0, 0.1) is 6.92 Å². The minimum absolute atomic E-state index is 0.140. The van der Waals surface area contributed by atoms with E-state index in [0.717, 1.165) is 5.56 Å². The molecule has 12 heteroatoms. The standard InChI is InChI=1S/C22H21N9O3/c1-12-25-21(34-30-12)14-9-23-18(8-16(14)26-17(11-32)13-6-4-3-5-7-13)27-22-24-10-15-19(28-22)31(2)29-20(15)33/h3-10,17,32H,11H2,1-2H3,(H,29,33)(H2,23,24,26,27,28)/t17-/m1/s1. The van der Waals surface area contributed by atoms with Crippen molar-refractivity contribution in [2.45, 2.75) is 13.0 Å². The van der Waals surface area contributed by atoms with Gasteiger partial charge in [0.05, 0.1) is 23.9 Å².